The molecule has 4 aromatic rings. The second-order valence-electron chi connectivity index (χ2n) is 13.5. The second-order valence-corrected chi connectivity index (χ2v) is 18.4. The number of methoxy groups -OCH3 is 2. The van der Waals surface area contributed by atoms with Crippen LogP contribution in [-0.4, -0.2) is 47.7 Å². The van der Waals surface area contributed by atoms with Gasteiger partial charge in [-0.3, -0.25) is 4.57 Å². The zero-order valence-electron chi connectivity index (χ0n) is 32.2. The number of hydrogen-bond acceptors (Lipinski definition) is 3. The van der Waals surface area contributed by atoms with Crippen LogP contribution in [0.2, 0.25) is 0 Å². The summed E-state index contributed by atoms with van der Waals surface area (Å²) in [7, 11) is -1.57. The van der Waals surface area contributed by atoms with Crippen LogP contribution in [0.5, 0.6) is 11.5 Å². The Bertz CT molecular complexity index is 1540. The van der Waals surface area contributed by atoms with Gasteiger partial charge in [-0.2, -0.15) is 34.9 Å². The van der Waals surface area contributed by atoms with Gasteiger partial charge in [0, 0.05) is 24.2 Å². The van der Waals surface area contributed by atoms with E-state index in [4.69, 9.17) is 9.47 Å². The van der Waals surface area contributed by atoms with Crippen molar-refractivity contribution in [3.8, 4) is 11.5 Å². The molecule has 9 heteroatoms. The summed E-state index contributed by atoms with van der Waals surface area (Å²) >= 11 is 6.25. The Kier molecular flexibility index (Phi) is 18.5. The molecule has 0 radical (unpaired) electrons. The third-order valence-electron chi connectivity index (χ3n) is 8.26. The van der Waals surface area contributed by atoms with Crippen LogP contribution in [-0.2, 0) is 18.3 Å². The number of para-hydroxylation sites is 2. The number of rotatable bonds is 12. The molecule has 0 atom stereocenters. The summed E-state index contributed by atoms with van der Waals surface area (Å²) < 4.78 is 32.4. The van der Waals surface area contributed by atoms with Crippen molar-refractivity contribution in [2.24, 2.45) is 0 Å². The van der Waals surface area contributed by atoms with Gasteiger partial charge in [-0.25, -0.2) is 9.34 Å². The quantitative estimate of drug-likeness (QED) is 0.0810. The summed E-state index contributed by atoms with van der Waals surface area (Å²) in [5, 5.41) is 4.21. The van der Waals surface area contributed by atoms with Crippen LogP contribution >= 0.6 is 29.6 Å². The molecule has 0 spiro atoms. The maximum absolute atomic E-state index is 16.1. The Labute approximate surface area is 319 Å². The predicted molar refractivity (Wildman–Crippen MR) is 220 cm³/mol. The molecule has 0 unspecified atom stereocenters. The fourth-order valence-electron chi connectivity index (χ4n) is 7.00. The Balaban J connectivity index is 0.000000674. The van der Waals surface area contributed by atoms with Gasteiger partial charge >= 0.3 is 27.9 Å². The van der Waals surface area contributed by atoms with Crippen LogP contribution in [0.4, 0.5) is 0 Å². The summed E-state index contributed by atoms with van der Waals surface area (Å²) in [6, 6.07) is 32.6. The minimum atomic E-state index is -3.29. The monoisotopic (exact) mass is 825 g/mol. The van der Waals surface area contributed by atoms with Crippen LogP contribution in [0.15, 0.2) is 84.9 Å². The molecule has 277 valence electrons. The first-order valence-corrected chi connectivity index (χ1v) is 22.7. The van der Waals surface area contributed by atoms with Crippen molar-refractivity contribution >= 4 is 50.8 Å². The fraction of sp³-hybridized carbons (Fsp3) is 0.415. The molecule has 0 aliphatic carbocycles. The van der Waals surface area contributed by atoms with Gasteiger partial charge in [-0.1, -0.05) is 57.2 Å². The SMILES string of the molecule is COc1ccccc1[PH+](c1ccccc1OC)c1ccccc1P(=O)(N(C(C)C)C(C)C)N(C(C)C)C(C)C.Cc1[c-]c(C)cc(C)c1.[Ni][Br]. The van der Waals surface area contributed by atoms with Crippen LogP contribution in [0.1, 0.15) is 72.1 Å². The minimum absolute atomic E-state index is 0.0806. The van der Waals surface area contributed by atoms with Gasteiger partial charge in [0.05, 0.1) is 19.5 Å². The standard InChI is InChI=1S/C32H46N2O3P2.C9H11.BrH.Ni/c1-23(2)33(24(3)4)39(35,34(25(5)6)26(7)8)32-22-16-15-21-31(32)38(29-19-13-11-17-27(29)36-9)30-20-14-12-18-28(30)37-10;1-7-4-8(2)6-9(3)5-7;;/h11-26H,1-10H3;4-5H,1-3H3;1H;/q;-1;;+1. The van der Waals surface area contributed by atoms with Gasteiger partial charge in [0.1, 0.15) is 23.8 Å². The zero-order chi connectivity index (χ0) is 37.8. The van der Waals surface area contributed by atoms with Gasteiger partial charge < -0.3 is 9.47 Å². The van der Waals surface area contributed by atoms with E-state index in [2.05, 4.69) is 174 Å². The van der Waals surface area contributed by atoms with E-state index < -0.39 is 15.4 Å². The number of aryl methyl sites for hydroxylation is 3. The van der Waals surface area contributed by atoms with E-state index in [0.717, 1.165) is 32.7 Å². The molecule has 50 heavy (non-hydrogen) atoms. The van der Waals surface area contributed by atoms with Crippen molar-refractivity contribution in [3.05, 3.63) is 108 Å². The molecule has 0 heterocycles. The molecule has 0 N–H and O–H groups in total. The normalized spacial score (nSPS) is 11.7. The third kappa shape index (κ3) is 10.8. The molecule has 0 aromatic heterocycles. The number of hydrogen-bond donors (Lipinski definition) is 0. The van der Waals surface area contributed by atoms with Crippen molar-refractivity contribution in [2.45, 2.75) is 100 Å². The fourth-order valence-corrected chi connectivity index (χ4v) is 14.5. The van der Waals surface area contributed by atoms with Crippen LogP contribution < -0.4 is 30.7 Å². The van der Waals surface area contributed by atoms with Crippen molar-refractivity contribution in [1.29, 1.82) is 0 Å². The van der Waals surface area contributed by atoms with Crippen LogP contribution in [0.25, 0.3) is 0 Å². The predicted octanol–water partition coefficient (Wildman–Crippen LogP) is 9.51. The van der Waals surface area contributed by atoms with E-state index in [1.807, 2.05) is 30.3 Å². The van der Waals surface area contributed by atoms with E-state index in [-0.39, 0.29) is 24.2 Å². The molecule has 4 rings (SSSR count). The van der Waals surface area contributed by atoms with Crippen LogP contribution in [0, 0.1) is 26.8 Å². The Morgan fingerprint density at radius 1 is 0.620 bits per heavy atom. The molecular weight excluding hydrogens is 769 g/mol. The molecule has 0 fully saturated rings. The Morgan fingerprint density at radius 2 is 0.960 bits per heavy atom. The third-order valence-corrected chi connectivity index (χ3v) is 15.5. The first-order chi connectivity index (χ1) is 23.7. The number of nitrogens with zero attached hydrogens (tertiary/aromatic N) is 2. The van der Waals surface area contributed by atoms with Crippen molar-refractivity contribution in [3.63, 3.8) is 0 Å². The summed E-state index contributed by atoms with van der Waals surface area (Å²) in [5.41, 5.74) is 3.78. The van der Waals surface area contributed by atoms with Gasteiger partial charge in [0.2, 0.25) is 0 Å². The average molecular weight is 827 g/mol. The molecule has 5 nitrogen and oxygen atoms in total. The summed E-state index contributed by atoms with van der Waals surface area (Å²) in [6.07, 6.45) is 0. The van der Waals surface area contributed by atoms with Crippen molar-refractivity contribution < 1.29 is 27.7 Å². The molecule has 0 bridgehead atoms. The number of ether oxygens (including phenoxy) is 2. The topological polar surface area (TPSA) is 42.0 Å². The van der Waals surface area contributed by atoms with Crippen molar-refractivity contribution in [1.82, 2.24) is 9.34 Å². The number of benzene rings is 4. The molecule has 0 aliphatic rings. The first-order valence-electron chi connectivity index (χ1n) is 17.2. The zero-order valence-corrected chi connectivity index (χ0v) is 36.6. The first kappa shape index (κ1) is 44.2. The van der Waals surface area contributed by atoms with Gasteiger partial charge in [0.15, 0.2) is 11.5 Å². The van der Waals surface area contributed by atoms with E-state index in [0.29, 0.717) is 0 Å². The van der Waals surface area contributed by atoms with E-state index >= 15 is 4.57 Å². The summed E-state index contributed by atoms with van der Waals surface area (Å²) in [5.74, 6) is 1.66. The average Bonchev–Trinajstić information content (AvgIpc) is 3.05. The Morgan fingerprint density at radius 3 is 1.30 bits per heavy atom. The summed E-state index contributed by atoms with van der Waals surface area (Å²) in [6.45, 7) is 23.5. The van der Waals surface area contributed by atoms with E-state index in [1.165, 1.54) is 16.7 Å². The van der Waals surface area contributed by atoms with E-state index in [9.17, 15) is 0 Å². The van der Waals surface area contributed by atoms with Crippen LogP contribution in [0.3, 0.4) is 0 Å². The summed E-state index contributed by atoms with van der Waals surface area (Å²) in [4.78, 5) is 0. The molecule has 0 saturated heterocycles. The molecule has 0 saturated carbocycles. The Hall–Kier alpha value is -1.97. The van der Waals surface area contributed by atoms with E-state index in [1.54, 1.807) is 14.2 Å². The van der Waals surface area contributed by atoms with Gasteiger partial charge in [-0.15, -0.1) is 0 Å². The molecule has 4 aromatic carbocycles. The maximum atomic E-state index is 16.1. The number of halogens is 1. The van der Waals surface area contributed by atoms with Gasteiger partial charge in [-0.05, 0) is 91.8 Å². The van der Waals surface area contributed by atoms with Crippen molar-refractivity contribution in [2.75, 3.05) is 14.2 Å². The molecule has 0 aliphatic heterocycles. The second kappa shape index (κ2) is 20.9. The molecule has 0 amide bonds. The molecular formula is C41H58BrN2NiO3P2. The van der Waals surface area contributed by atoms with Gasteiger partial charge in [0.25, 0.3) is 7.44 Å².